The maximum Gasteiger partial charge on any atom is 0.0663 e. The Bertz CT molecular complexity index is 341. The summed E-state index contributed by atoms with van der Waals surface area (Å²) in [6, 6.07) is 6.93. The van der Waals surface area contributed by atoms with Crippen LogP contribution in [0.1, 0.15) is 18.1 Å². The fraction of sp³-hybridized carbons (Fsp3) is 0.538. The summed E-state index contributed by atoms with van der Waals surface area (Å²) in [6.45, 7) is 5.03. The van der Waals surface area contributed by atoms with Crippen molar-refractivity contribution in [3.63, 3.8) is 0 Å². The van der Waals surface area contributed by atoms with Crippen molar-refractivity contribution in [3.8, 4) is 0 Å². The number of nitrogens with zero attached hydrogens (tertiary/aromatic N) is 1. The quantitative estimate of drug-likeness (QED) is 0.770. The van der Waals surface area contributed by atoms with Crippen molar-refractivity contribution in [2.75, 3.05) is 25.7 Å². The zero-order valence-electron chi connectivity index (χ0n) is 10.5. The van der Waals surface area contributed by atoms with Crippen LogP contribution in [0.3, 0.4) is 0 Å². The van der Waals surface area contributed by atoms with Gasteiger partial charge in [0.1, 0.15) is 0 Å². The maximum absolute atomic E-state index is 5.19. The number of anilines is 1. The normalized spacial score (nSPS) is 12.6. The standard InChI is InChI=1S/C13H20BrNO/c1-10-5-6-13(12(7-10)8-14)15(3)11(2)9-16-4/h5-7,11H,8-9H2,1-4H3. The van der Waals surface area contributed by atoms with E-state index < -0.39 is 0 Å². The summed E-state index contributed by atoms with van der Waals surface area (Å²) in [5.41, 5.74) is 3.89. The second-order valence-corrected chi connectivity index (χ2v) is 4.74. The number of hydrogen-bond donors (Lipinski definition) is 0. The van der Waals surface area contributed by atoms with E-state index in [4.69, 9.17) is 4.74 Å². The van der Waals surface area contributed by atoms with Gasteiger partial charge < -0.3 is 9.64 Å². The Labute approximate surface area is 107 Å². The van der Waals surface area contributed by atoms with Crippen LogP contribution >= 0.6 is 15.9 Å². The van der Waals surface area contributed by atoms with Gasteiger partial charge in [-0.15, -0.1) is 0 Å². The Morgan fingerprint density at radius 3 is 2.69 bits per heavy atom. The number of methoxy groups -OCH3 is 1. The molecule has 2 nitrogen and oxygen atoms in total. The average molecular weight is 286 g/mol. The largest absolute Gasteiger partial charge is 0.383 e. The van der Waals surface area contributed by atoms with Crippen LogP contribution in [-0.2, 0) is 10.1 Å². The molecular formula is C13H20BrNO. The Hall–Kier alpha value is -0.540. The molecule has 0 saturated heterocycles. The molecule has 0 aliphatic heterocycles. The van der Waals surface area contributed by atoms with E-state index in [1.165, 1.54) is 16.8 Å². The third-order valence-electron chi connectivity index (χ3n) is 2.83. The van der Waals surface area contributed by atoms with Crippen LogP contribution in [0, 0.1) is 6.92 Å². The number of hydrogen-bond acceptors (Lipinski definition) is 2. The molecular weight excluding hydrogens is 266 g/mol. The highest BCUT2D eigenvalue weighted by atomic mass is 79.9. The van der Waals surface area contributed by atoms with Gasteiger partial charge in [-0.05, 0) is 25.5 Å². The summed E-state index contributed by atoms with van der Waals surface area (Å²) in [7, 11) is 3.85. The summed E-state index contributed by atoms with van der Waals surface area (Å²) < 4.78 is 5.19. The number of ether oxygens (including phenoxy) is 1. The molecule has 0 amide bonds. The van der Waals surface area contributed by atoms with Crippen LogP contribution in [0.4, 0.5) is 5.69 Å². The molecule has 0 bridgehead atoms. The summed E-state index contributed by atoms with van der Waals surface area (Å²) in [5.74, 6) is 0. The van der Waals surface area contributed by atoms with Crippen LogP contribution in [-0.4, -0.2) is 26.8 Å². The molecule has 0 aromatic heterocycles. The monoisotopic (exact) mass is 285 g/mol. The molecule has 1 rings (SSSR count). The maximum atomic E-state index is 5.19. The topological polar surface area (TPSA) is 12.5 Å². The van der Waals surface area contributed by atoms with Crippen molar-refractivity contribution in [2.45, 2.75) is 25.2 Å². The second kappa shape index (κ2) is 6.26. The van der Waals surface area contributed by atoms with Crippen molar-refractivity contribution >= 4 is 21.6 Å². The summed E-state index contributed by atoms with van der Waals surface area (Å²) in [6.07, 6.45) is 0. The highest BCUT2D eigenvalue weighted by Crippen LogP contribution is 2.24. The van der Waals surface area contributed by atoms with Crippen molar-refractivity contribution in [3.05, 3.63) is 29.3 Å². The highest BCUT2D eigenvalue weighted by Gasteiger charge is 2.12. The molecule has 1 aromatic carbocycles. The zero-order chi connectivity index (χ0) is 12.1. The molecule has 3 heteroatoms. The zero-order valence-corrected chi connectivity index (χ0v) is 12.0. The Balaban J connectivity index is 2.93. The van der Waals surface area contributed by atoms with Crippen LogP contribution in [0.25, 0.3) is 0 Å². The second-order valence-electron chi connectivity index (χ2n) is 4.18. The molecule has 0 N–H and O–H groups in total. The van der Waals surface area contributed by atoms with Crippen LogP contribution in [0.2, 0.25) is 0 Å². The van der Waals surface area contributed by atoms with E-state index in [0.29, 0.717) is 6.04 Å². The molecule has 0 fully saturated rings. The van der Waals surface area contributed by atoms with E-state index in [1.807, 2.05) is 0 Å². The van der Waals surface area contributed by atoms with Crippen LogP contribution < -0.4 is 4.90 Å². The summed E-state index contributed by atoms with van der Waals surface area (Å²) >= 11 is 3.54. The Kier molecular flexibility index (Phi) is 5.29. The van der Waals surface area contributed by atoms with Gasteiger partial charge in [-0.1, -0.05) is 33.6 Å². The van der Waals surface area contributed by atoms with E-state index >= 15 is 0 Å². The smallest absolute Gasteiger partial charge is 0.0663 e. The summed E-state index contributed by atoms with van der Waals surface area (Å²) in [5, 5.41) is 0.883. The minimum Gasteiger partial charge on any atom is -0.383 e. The number of alkyl halides is 1. The number of likely N-dealkylation sites (N-methyl/N-ethyl adjacent to an activating group) is 1. The Morgan fingerprint density at radius 1 is 1.44 bits per heavy atom. The van der Waals surface area contributed by atoms with E-state index in [2.05, 4.69) is 59.9 Å². The fourth-order valence-electron chi connectivity index (χ4n) is 1.76. The number of benzene rings is 1. The molecule has 0 spiro atoms. The van der Waals surface area contributed by atoms with Crippen molar-refractivity contribution in [2.24, 2.45) is 0 Å². The van der Waals surface area contributed by atoms with Gasteiger partial charge in [0.05, 0.1) is 6.61 Å². The van der Waals surface area contributed by atoms with Crippen molar-refractivity contribution < 1.29 is 4.74 Å². The number of halogens is 1. The van der Waals surface area contributed by atoms with Crippen molar-refractivity contribution in [1.29, 1.82) is 0 Å². The molecule has 90 valence electrons. The first kappa shape index (κ1) is 13.5. The van der Waals surface area contributed by atoms with Gasteiger partial charge in [-0.3, -0.25) is 0 Å². The van der Waals surface area contributed by atoms with Gasteiger partial charge in [0, 0.05) is 31.2 Å². The molecule has 0 aliphatic carbocycles. The predicted octanol–water partition coefficient (Wildman–Crippen LogP) is 3.36. The third kappa shape index (κ3) is 3.22. The first-order chi connectivity index (χ1) is 7.60. The van der Waals surface area contributed by atoms with E-state index in [9.17, 15) is 0 Å². The Morgan fingerprint density at radius 2 is 2.12 bits per heavy atom. The SMILES string of the molecule is COCC(C)N(C)c1ccc(C)cc1CBr. The minimum absolute atomic E-state index is 0.380. The molecule has 16 heavy (non-hydrogen) atoms. The first-order valence-electron chi connectivity index (χ1n) is 5.47. The molecule has 1 aromatic rings. The lowest BCUT2D eigenvalue weighted by atomic mass is 10.1. The number of rotatable bonds is 5. The molecule has 0 heterocycles. The highest BCUT2D eigenvalue weighted by molar-refractivity contribution is 9.08. The van der Waals surface area contributed by atoms with E-state index in [1.54, 1.807) is 7.11 Å². The lowest BCUT2D eigenvalue weighted by molar-refractivity contribution is 0.183. The van der Waals surface area contributed by atoms with Gasteiger partial charge in [-0.25, -0.2) is 0 Å². The van der Waals surface area contributed by atoms with Gasteiger partial charge >= 0.3 is 0 Å². The average Bonchev–Trinajstić information content (AvgIpc) is 2.28. The van der Waals surface area contributed by atoms with Crippen molar-refractivity contribution in [1.82, 2.24) is 0 Å². The van der Waals surface area contributed by atoms with Gasteiger partial charge in [0.25, 0.3) is 0 Å². The lowest BCUT2D eigenvalue weighted by Gasteiger charge is -2.28. The molecule has 1 atom stereocenters. The third-order valence-corrected chi connectivity index (χ3v) is 3.43. The molecule has 0 radical (unpaired) electrons. The lowest BCUT2D eigenvalue weighted by Crippen LogP contribution is -2.33. The van der Waals surface area contributed by atoms with Gasteiger partial charge in [0.15, 0.2) is 0 Å². The van der Waals surface area contributed by atoms with E-state index in [-0.39, 0.29) is 0 Å². The predicted molar refractivity (Wildman–Crippen MR) is 73.6 cm³/mol. The molecule has 0 aliphatic rings. The minimum atomic E-state index is 0.380. The first-order valence-corrected chi connectivity index (χ1v) is 6.59. The fourth-order valence-corrected chi connectivity index (χ4v) is 2.20. The molecule has 1 unspecified atom stereocenters. The molecule has 0 saturated carbocycles. The van der Waals surface area contributed by atoms with Gasteiger partial charge in [-0.2, -0.15) is 0 Å². The van der Waals surface area contributed by atoms with Crippen LogP contribution in [0.5, 0.6) is 0 Å². The van der Waals surface area contributed by atoms with E-state index in [0.717, 1.165) is 11.9 Å². The van der Waals surface area contributed by atoms with Crippen LogP contribution in [0.15, 0.2) is 18.2 Å². The summed E-state index contributed by atoms with van der Waals surface area (Å²) in [4.78, 5) is 2.26. The number of aryl methyl sites for hydroxylation is 1. The van der Waals surface area contributed by atoms with Gasteiger partial charge in [0.2, 0.25) is 0 Å².